The number of rotatable bonds is 4. The number of nitrogens with one attached hydrogen (secondary N) is 2. The first-order valence-electron chi connectivity index (χ1n) is 7.31. The average Bonchev–Trinajstić information content (AvgIpc) is 2.44. The van der Waals surface area contributed by atoms with Crippen molar-refractivity contribution in [3.05, 3.63) is 28.2 Å². The normalized spacial score (nSPS) is 18.3. The summed E-state index contributed by atoms with van der Waals surface area (Å²) in [4.78, 5) is 14.2. The first-order valence-corrected chi connectivity index (χ1v) is 8.07. The van der Waals surface area contributed by atoms with Gasteiger partial charge in [-0.1, -0.05) is 23.2 Å². The van der Waals surface area contributed by atoms with Gasteiger partial charge in [0.05, 0.1) is 0 Å². The van der Waals surface area contributed by atoms with Crippen molar-refractivity contribution in [1.82, 2.24) is 10.2 Å². The molecule has 0 aromatic heterocycles. The van der Waals surface area contributed by atoms with Crippen LogP contribution in [-0.2, 0) is 0 Å². The van der Waals surface area contributed by atoms with Crippen LogP contribution in [0.15, 0.2) is 18.2 Å². The molecule has 2 amide bonds. The Morgan fingerprint density at radius 1 is 1.38 bits per heavy atom. The van der Waals surface area contributed by atoms with Crippen molar-refractivity contribution in [3.8, 4) is 0 Å². The van der Waals surface area contributed by atoms with Crippen LogP contribution < -0.4 is 10.6 Å². The van der Waals surface area contributed by atoms with E-state index in [1.807, 2.05) is 11.8 Å². The summed E-state index contributed by atoms with van der Waals surface area (Å²) in [7, 11) is 0. The molecule has 2 N–H and O–H groups in total. The van der Waals surface area contributed by atoms with E-state index < -0.39 is 0 Å². The lowest BCUT2D eigenvalue weighted by Gasteiger charge is -2.29. The molecule has 1 aromatic rings. The van der Waals surface area contributed by atoms with Crippen molar-refractivity contribution in [1.29, 1.82) is 0 Å². The molecule has 1 heterocycles. The predicted octanol–water partition coefficient (Wildman–Crippen LogP) is 3.85. The zero-order chi connectivity index (χ0) is 15.2. The van der Waals surface area contributed by atoms with Crippen LogP contribution in [0.2, 0.25) is 10.0 Å². The SMILES string of the molecule is CCN(CC1CCCNC1)C(=O)Nc1cc(Cl)cc(Cl)c1. The number of carbonyl (C=O) groups excluding carboxylic acids is 1. The van der Waals surface area contributed by atoms with Crippen molar-refractivity contribution < 1.29 is 4.79 Å². The number of hydrogen-bond acceptors (Lipinski definition) is 2. The fourth-order valence-electron chi connectivity index (χ4n) is 2.58. The second-order valence-corrected chi connectivity index (χ2v) is 6.21. The number of anilines is 1. The fraction of sp³-hybridized carbons (Fsp3) is 0.533. The van der Waals surface area contributed by atoms with Gasteiger partial charge < -0.3 is 15.5 Å². The molecule has 1 atom stereocenters. The maximum absolute atomic E-state index is 12.3. The van der Waals surface area contributed by atoms with E-state index in [-0.39, 0.29) is 6.03 Å². The molecule has 0 saturated carbocycles. The van der Waals surface area contributed by atoms with Gasteiger partial charge in [0.2, 0.25) is 0 Å². The van der Waals surface area contributed by atoms with Gasteiger partial charge in [0.15, 0.2) is 0 Å². The van der Waals surface area contributed by atoms with Crippen LogP contribution in [0.4, 0.5) is 10.5 Å². The predicted molar refractivity (Wildman–Crippen MR) is 88.3 cm³/mol. The molecule has 1 aliphatic heterocycles. The molecule has 0 radical (unpaired) electrons. The molecule has 1 aromatic carbocycles. The van der Waals surface area contributed by atoms with Gasteiger partial charge in [0.25, 0.3) is 0 Å². The molecule has 1 saturated heterocycles. The van der Waals surface area contributed by atoms with Crippen molar-refractivity contribution in [2.45, 2.75) is 19.8 Å². The first kappa shape index (κ1) is 16.4. The van der Waals surface area contributed by atoms with Crippen LogP contribution >= 0.6 is 23.2 Å². The van der Waals surface area contributed by atoms with Gasteiger partial charge in [-0.05, 0) is 57.0 Å². The van der Waals surface area contributed by atoms with E-state index in [0.717, 1.165) is 19.6 Å². The topological polar surface area (TPSA) is 44.4 Å². The lowest BCUT2D eigenvalue weighted by atomic mass is 9.99. The number of carbonyl (C=O) groups is 1. The summed E-state index contributed by atoms with van der Waals surface area (Å²) >= 11 is 11.9. The maximum Gasteiger partial charge on any atom is 0.321 e. The van der Waals surface area contributed by atoms with Crippen molar-refractivity contribution in [3.63, 3.8) is 0 Å². The molecule has 6 heteroatoms. The molecule has 0 aliphatic carbocycles. The van der Waals surface area contributed by atoms with Crippen LogP contribution in [0.5, 0.6) is 0 Å². The number of hydrogen-bond donors (Lipinski definition) is 2. The van der Waals surface area contributed by atoms with Crippen LogP contribution in [0.3, 0.4) is 0 Å². The standard InChI is InChI=1S/C15H21Cl2N3O/c1-2-20(10-11-4-3-5-18-9-11)15(21)19-14-7-12(16)6-13(17)8-14/h6-8,11,18H,2-5,9-10H2,1H3,(H,19,21). The smallest absolute Gasteiger partial charge is 0.321 e. The van der Waals surface area contributed by atoms with Crippen LogP contribution in [-0.4, -0.2) is 37.1 Å². The first-order chi connectivity index (χ1) is 10.1. The van der Waals surface area contributed by atoms with Crippen molar-refractivity contribution in [2.24, 2.45) is 5.92 Å². The zero-order valence-electron chi connectivity index (χ0n) is 12.2. The number of piperidine rings is 1. The van der Waals surface area contributed by atoms with Crippen LogP contribution in [0.1, 0.15) is 19.8 Å². The summed E-state index contributed by atoms with van der Waals surface area (Å²) in [6, 6.07) is 4.92. The highest BCUT2D eigenvalue weighted by Gasteiger charge is 2.19. The van der Waals surface area contributed by atoms with Crippen LogP contribution in [0, 0.1) is 5.92 Å². The minimum Gasteiger partial charge on any atom is -0.324 e. The van der Waals surface area contributed by atoms with Gasteiger partial charge in [-0.3, -0.25) is 0 Å². The Bertz CT molecular complexity index is 470. The molecular formula is C15H21Cl2N3O. The molecule has 2 rings (SSSR count). The second kappa shape index (κ2) is 7.87. The summed E-state index contributed by atoms with van der Waals surface area (Å²) in [6.07, 6.45) is 2.34. The zero-order valence-corrected chi connectivity index (χ0v) is 13.7. The lowest BCUT2D eigenvalue weighted by molar-refractivity contribution is 0.197. The number of halogens is 2. The molecule has 116 valence electrons. The molecule has 4 nitrogen and oxygen atoms in total. The maximum atomic E-state index is 12.3. The lowest BCUT2D eigenvalue weighted by Crippen LogP contribution is -2.42. The molecule has 1 aliphatic rings. The van der Waals surface area contributed by atoms with E-state index in [2.05, 4.69) is 10.6 Å². The summed E-state index contributed by atoms with van der Waals surface area (Å²) in [5, 5.41) is 7.26. The number of nitrogens with zero attached hydrogens (tertiary/aromatic N) is 1. The fourth-order valence-corrected chi connectivity index (χ4v) is 3.10. The van der Waals surface area contributed by atoms with Gasteiger partial charge in [0.1, 0.15) is 0 Å². The van der Waals surface area contributed by atoms with Crippen molar-refractivity contribution >= 4 is 34.9 Å². The monoisotopic (exact) mass is 329 g/mol. The molecular weight excluding hydrogens is 309 g/mol. The molecule has 0 spiro atoms. The highest BCUT2D eigenvalue weighted by atomic mass is 35.5. The van der Waals surface area contributed by atoms with Gasteiger partial charge in [-0.2, -0.15) is 0 Å². The minimum absolute atomic E-state index is 0.110. The molecule has 0 bridgehead atoms. The quantitative estimate of drug-likeness (QED) is 0.881. The van der Waals surface area contributed by atoms with Gasteiger partial charge in [-0.25, -0.2) is 4.79 Å². The summed E-state index contributed by atoms with van der Waals surface area (Å²) in [5.41, 5.74) is 0.623. The summed E-state index contributed by atoms with van der Waals surface area (Å²) < 4.78 is 0. The molecule has 21 heavy (non-hydrogen) atoms. The van der Waals surface area contributed by atoms with E-state index in [1.54, 1.807) is 18.2 Å². The Morgan fingerprint density at radius 2 is 2.10 bits per heavy atom. The summed E-state index contributed by atoms with van der Waals surface area (Å²) in [5.74, 6) is 0.521. The minimum atomic E-state index is -0.110. The van der Waals surface area contributed by atoms with Gasteiger partial charge in [-0.15, -0.1) is 0 Å². The third-order valence-electron chi connectivity index (χ3n) is 3.66. The highest BCUT2D eigenvalue weighted by molar-refractivity contribution is 6.35. The van der Waals surface area contributed by atoms with Gasteiger partial charge in [0, 0.05) is 28.8 Å². The third kappa shape index (κ3) is 5.06. The van der Waals surface area contributed by atoms with E-state index in [9.17, 15) is 4.79 Å². The van der Waals surface area contributed by atoms with Crippen molar-refractivity contribution in [2.75, 3.05) is 31.5 Å². The highest BCUT2D eigenvalue weighted by Crippen LogP contribution is 2.23. The Morgan fingerprint density at radius 3 is 2.67 bits per heavy atom. The summed E-state index contributed by atoms with van der Waals surface area (Å²) in [6.45, 7) is 5.49. The number of urea groups is 1. The molecule has 1 fully saturated rings. The largest absolute Gasteiger partial charge is 0.324 e. The van der Waals surface area contributed by atoms with Gasteiger partial charge >= 0.3 is 6.03 Å². The van der Waals surface area contributed by atoms with Crippen LogP contribution in [0.25, 0.3) is 0 Å². The Labute approximate surface area is 135 Å². The van der Waals surface area contributed by atoms with E-state index in [4.69, 9.17) is 23.2 Å². The third-order valence-corrected chi connectivity index (χ3v) is 4.10. The Kier molecular flexibility index (Phi) is 6.15. The van der Waals surface area contributed by atoms with E-state index in [0.29, 0.717) is 28.2 Å². The second-order valence-electron chi connectivity index (χ2n) is 5.34. The number of amides is 2. The Balaban J connectivity index is 1.95. The Hall–Kier alpha value is -0.970. The number of benzene rings is 1. The van der Waals surface area contributed by atoms with E-state index in [1.165, 1.54) is 12.8 Å². The average molecular weight is 330 g/mol. The van der Waals surface area contributed by atoms with E-state index >= 15 is 0 Å². The molecule has 1 unspecified atom stereocenters.